The number of carbonyl (C=O) groups is 1. The molecule has 1 saturated heterocycles. The van der Waals surface area contributed by atoms with Crippen molar-refractivity contribution in [2.75, 3.05) is 43.4 Å². The lowest BCUT2D eigenvalue weighted by Crippen LogP contribution is -2.44. The molecular weight excluding hydrogens is 356 g/mol. The van der Waals surface area contributed by atoms with Gasteiger partial charge in [-0.25, -0.2) is 4.98 Å². The quantitative estimate of drug-likeness (QED) is 0.897. The maximum atomic E-state index is 12.2. The third-order valence-electron chi connectivity index (χ3n) is 3.95. The van der Waals surface area contributed by atoms with E-state index in [4.69, 9.17) is 0 Å². The Morgan fingerprint density at radius 2 is 1.78 bits per heavy atom. The Kier molecular flexibility index (Phi) is 4.93. The normalized spacial score (nSPS) is 15.5. The lowest BCUT2D eigenvalue weighted by Gasteiger charge is -2.33. The minimum absolute atomic E-state index is 0.197. The van der Waals surface area contributed by atoms with Gasteiger partial charge in [-0.3, -0.25) is 4.79 Å². The number of hydrogen-bond donors (Lipinski definition) is 1. The number of halogens is 1. The number of nitrogens with one attached hydrogen (secondary N) is 1. The molecule has 1 aromatic heterocycles. The Balaban J connectivity index is 1.64. The van der Waals surface area contributed by atoms with Crippen molar-refractivity contribution in [3.8, 4) is 0 Å². The van der Waals surface area contributed by atoms with Gasteiger partial charge in [-0.2, -0.15) is 0 Å². The number of hydrogen-bond acceptors (Lipinski definition) is 4. The molecule has 0 unspecified atom stereocenters. The molecule has 1 aromatic carbocycles. The highest BCUT2D eigenvalue weighted by atomic mass is 79.9. The lowest BCUT2D eigenvalue weighted by molar-refractivity contribution is 0.102. The van der Waals surface area contributed by atoms with Gasteiger partial charge in [-0.15, -0.1) is 0 Å². The Bertz CT molecular complexity index is 664. The van der Waals surface area contributed by atoms with Gasteiger partial charge in [0.05, 0.1) is 11.9 Å². The molecule has 0 saturated carbocycles. The fraction of sp³-hybridized carbons (Fsp3) is 0.294. The zero-order valence-corrected chi connectivity index (χ0v) is 14.6. The van der Waals surface area contributed by atoms with Crippen LogP contribution in [-0.4, -0.2) is 49.0 Å². The van der Waals surface area contributed by atoms with Gasteiger partial charge >= 0.3 is 0 Å². The van der Waals surface area contributed by atoms with Crippen LogP contribution in [0.1, 0.15) is 10.5 Å². The molecule has 0 atom stereocenters. The predicted molar refractivity (Wildman–Crippen MR) is 96.0 cm³/mol. The van der Waals surface area contributed by atoms with Crippen LogP contribution >= 0.6 is 15.9 Å². The van der Waals surface area contributed by atoms with E-state index in [9.17, 15) is 4.79 Å². The van der Waals surface area contributed by atoms with Crippen LogP contribution in [0.15, 0.2) is 47.1 Å². The van der Waals surface area contributed by atoms with Crippen molar-refractivity contribution in [2.45, 2.75) is 0 Å². The molecule has 1 aliphatic rings. The number of benzene rings is 1. The molecule has 0 aliphatic carbocycles. The van der Waals surface area contributed by atoms with Crippen molar-refractivity contribution in [3.63, 3.8) is 0 Å². The second-order valence-corrected chi connectivity index (χ2v) is 6.57. The van der Waals surface area contributed by atoms with Gasteiger partial charge in [-0.05, 0) is 43.4 Å². The summed E-state index contributed by atoms with van der Waals surface area (Å²) in [6.45, 7) is 4.07. The molecule has 0 radical (unpaired) electrons. The fourth-order valence-electron chi connectivity index (χ4n) is 2.50. The molecule has 0 bridgehead atoms. The van der Waals surface area contributed by atoms with Gasteiger partial charge in [0.2, 0.25) is 0 Å². The number of anilines is 2. The summed E-state index contributed by atoms with van der Waals surface area (Å²) in [6, 6.07) is 11.2. The highest BCUT2D eigenvalue weighted by molar-refractivity contribution is 9.10. The minimum Gasteiger partial charge on any atom is -0.368 e. The van der Waals surface area contributed by atoms with E-state index in [0.717, 1.165) is 42.0 Å². The molecule has 1 fully saturated rings. The molecule has 3 rings (SSSR count). The van der Waals surface area contributed by atoms with Crippen LogP contribution in [-0.2, 0) is 0 Å². The summed E-state index contributed by atoms with van der Waals surface area (Å²) in [7, 11) is 2.13. The molecule has 2 aromatic rings. The maximum absolute atomic E-state index is 12.2. The molecule has 6 heteroatoms. The number of amides is 1. The average Bonchev–Trinajstić information content (AvgIpc) is 2.58. The van der Waals surface area contributed by atoms with E-state index in [2.05, 4.69) is 43.1 Å². The van der Waals surface area contributed by atoms with Crippen LogP contribution in [0.2, 0.25) is 0 Å². The van der Waals surface area contributed by atoms with Crippen molar-refractivity contribution in [1.29, 1.82) is 0 Å². The summed E-state index contributed by atoms with van der Waals surface area (Å²) in [5.41, 5.74) is 2.24. The van der Waals surface area contributed by atoms with Crippen LogP contribution in [0.4, 0.5) is 11.4 Å². The highest BCUT2D eigenvalue weighted by Crippen LogP contribution is 2.17. The predicted octanol–water partition coefficient (Wildman–Crippen LogP) is 2.85. The van der Waals surface area contributed by atoms with Crippen LogP contribution in [0.3, 0.4) is 0 Å². The summed E-state index contributed by atoms with van der Waals surface area (Å²) in [5.74, 6) is -0.197. The van der Waals surface area contributed by atoms with E-state index >= 15 is 0 Å². The highest BCUT2D eigenvalue weighted by Gasteiger charge is 2.15. The van der Waals surface area contributed by atoms with Crippen molar-refractivity contribution in [1.82, 2.24) is 9.88 Å². The van der Waals surface area contributed by atoms with Gasteiger partial charge < -0.3 is 15.1 Å². The lowest BCUT2D eigenvalue weighted by atomic mass is 10.2. The SMILES string of the molecule is CN1CCN(c2ccc(C(=O)Nc3ccc(Br)cc3)nc2)CC1. The summed E-state index contributed by atoms with van der Waals surface area (Å²) < 4.78 is 0.977. The first-order valence-electron chi connectivity index (χ1n) is 7.58. The molecule has 2 heterocycles. The molecule has 5 nitrogen and oxygen atoms in total. The first kappa shape index (κ1) is 16.0. The topological polar surface area (TPSA) is 48.5 Å². The molecular formula is C17H19BrN4O. The molecule has 23 heavy (non-hydrogen) atoms. The van der Waals surface area contributed by atoms with E-state index in [0.29, 0.717) is 5.69 Å². The monoisotopic (exact) mass is 374 g/mol. The van der Waals surface area contributed by atoms with Gasteiger partial charge in [0.15, 0.2) is 0 Å². The molecule has 1 aliphatic heterocycles. The van der Waals surface area contributed by atoms with E-state index in [1.807, 2.05) is 30.3 Å². The Labute approximate surface area is 144 Å². The van der Waals surface area contributed by atoms with Crippen LogP contribution < -0.4 is 10.2 Å². The van der Waals surface area contributed by atoms with E-state index in [1.54, 1.807) is 12.3 Å². The summed E-state index contributed by atoms with van der Waals surface area (Å²) in [6.07, 6.45) is 1.78. The number of likely N-dealkylation sites (N-methyl/N-ethyl adjacent to an activating group) is 1. The first-order valence-corrected chi connectivity index (χ1v) is 8.37. The summed E-state index contributed by atoms with van der Waals surface area (Å²) in [5, 5.41) is 2.85. The smallest absolute Gasteiger partial charge is 0.274 e. The van der Waals surface area contributed by atoms with Gasteiger partial charge in [-0.1, -0.05) is 15.9 Å². The first-order chi connectivity index (χ1) is 11.1. The van der Waals surface area contributed by atoms with Crippen LogP contribution in [0, 0.1) is 0 Å². The standard InChI is InChI=1S/C17H19BrN4O/c1-21-8-10-22(11-9-21)15-6-7-16(19-12-15)17(23)20-14-4-2-13(18)3-5-14/h2-7,12H,8-11H2,1H3,(H,20,23). The van der Waals surface area contributed by atoms with E-state index in [1.165, 1.54) is 0 Å². The van der Waals surface area contributed by atoms with Crippen molar-refractivity contribution >= 4 is 33.2 Å². The second-order valence-electron chi connectivity index (χ2n) is 5.65. The maximum Gasteiger partial charge on any atom is 0.274 e. The number of rotatable bonds is 3. The third kappa shape index (κ3) is 4.09. The van der Waals surface area contributed by atoms with Crippen LogP contribution in [0.5, 0.6) is 0 Å². The van der Waals surface area contributed by atoms with Gasteiger partial charge in [0.1, 0.15) is 5.69 Å². The Morgan fingerprint density at radius 1 is 1.09 bits per heavy atom. The molecule has 120 valence electrons. The second kappa shape index (κ2) is 7.10. The zero-order chi connectivity index (χ0) is 16.2. The average molecular weight is 375 g/mol. The number of pyridine rings is 1. The molecule has 0 spiro atoms. The fourth-order valence-corrected chi connectivity index (χ4v) is 2.76. The van der Waals surface area contributed by atoms with Crippen molar-refractivity contribution in [2.24, 2.45) is 0 Å². The minimum atomic E-state index is -0.197. The van der Waals surface area contributed by atoms with Crippen molar-refractivity contribution < 1.29 is 4.79 Å². The van der Waals surface area contributed by atoms with E-state index in [-0.39, 0.29) is 5.91 Å². The molecule has 1 amide bonds. The number of piperazine rings is 1. The van der Waals surface area contributed by atoms with E-state index < -0.39 is 0 Å². The largest absolute Gasteiger partial charge is 0.368 e. The van der Waals surface area contributed by atoms with Crippen LogP contribution in [0.25, 0.3) is 0 Å². The zero-order valence-electron chi connectivity index (χ0n) is 13.0. The molecule has 1 N–H and O–H groups in total. The Hall–Kier alpha value is -1.92. The third-order valence-corrected chi connectivity index (χ3v) is 4.48. The number of aromatic nitrogens is 1. The van der Waals surface area contributed by atoms with Gasteiger partial charge in [0.25, 0.3) is 5.91 Å². The van der Waals surface area contributed by atoms with Crippen molar-refractivity contribution in [3.05, 3.63) is 52.8 Å². The summed E-state index contributed by atoms with van der Waals surface area (Å²) in [4.78, 5) is 21.1. The Morgan fingerprint density at radius 3 is 2.39 bits per heavy atom. The number of carbonyl (C=O) groups excluding carboxylic acids is 1. The number of nitrogens with zero attached hydrogens (tertiary/aromatic N) is 3. The summed E-state index contributed by atoms with van der Waals surface area (Å²) >= 11 is 3.37. The van der Waals surface area contributed by atoms with Gasteiger partial charge in [0, 0.05) is 36.3 Å².